The number of carbonyl (C=O) groups excluding carboxylic acids is 1. The van der Waals surface area contributed by atoms with E-state index in [1.54, 1.807) is 0 Å². The zero-order valence-corrected chi connectivity index (χ0v) is 11.9. The minimum absolute atomic E-state index is 0.243. The van der Waals surface area contributed by atoms with Gasteiger partial charge in [-0.3, -0.25) is 0 Å². The second-order valence-corrected chi connectivity index (χ2v) is 6.53. The van der Waals surface area contributed by atoms with Crippen molar-refractivity contribution in [2.24, 2.45) is 23.7 Å². The summed E-state index contributed by atoms with van der Waals surface area (Å²) >= 11 is 0. The second kappa shape index (κ2) is 6.54. The van der Waals surface area contributed by atoms with Crippen LogP contribution in [-0.2, 0) is 4.79 Å². The quantitative estimate of drug-likeness (QED) is 0.517. The first-order valence-corrected chi connectivity index (χ1v) is 7.86. The molecule has 0 saturated heterocycles. The Kier molecular flexibility index (Phi) is 5.03. The van der Waals surface area contributed by atoms with E-state index in [0.29, 0.717) is 11.8 Å². The summed E-state index contributed by atoms with van der Waals surface area (Å²) in [4.78, 5) is 11.0. The molecular formula is C17H28O. The predicted molar refractivity (Wildman–Crippen MR) is 76.4 cm³/mol. The minimum Gasteiger partial charge on any atom is -0.303 e. The molecule has 1 nitrogen and oxygen atoms in total. The van der Waals surface area contributed by atoms with Gasteiger partial charge in [-0.05, 0) is 49.9 Å². The van der Waals surface area contributed by atoms with Crippen LogP contribution in [-0.4, -0.2) is 6.29 Å². The first-order valence-electron chi connectivity index (χ1n) is 7.86. The smallest absolute Gasteiger partial charge is 0.123 e. The van der Waals surface area contributed by atoms with Crippen LogP contribution in [0.5, 0.6) is 0 Å². The van der Waals surface area contributed by atoms with E-state index < -0.39 is 0 Å². The zero-order chi connectivity index (χ0) is 13.0. The summed E-state index contributed by atoms with van der Waals surface area (Å²) in [5.74, 6) is 2.34. The number of carbonyl (C=O) groups is 1. The van der Waals surface area contributed by atoms with E-state index in [9.17, 15) is 4.79 Å². The highest BCUT2D eigenvalue weighted by molar-refractivity contribution is 5.53. The van der Waals surface area contributed by atoms with Gasteiger partial charge in [0, 0.05) is 5.92 Å². The molecule has 0 spiro atoms. The van der Waals surface area contributed by atoms with Crippen molar-refractivity contribution in [1.82, 2.24) is 0 Å². The summed E-state index contributed by atoms with van der Waals surface area (Å²) in [5, 5.41) is 0. The largest absolute Gasteiger partial charge is 0.303 e. The lowest BCUT2D eigenvalue weighted by Crippen LogP contribution is -2.25. The van der Waals surface area contributed by atoms with Crippen molar-refractivity contribution in [3.8, 4) is 0 Å². The highest BCUT2D eigenvalue weighted by Crippen LogP contribution is 2.41. The van der Waals surface area contributed by atoms with E-state index in [0.717, 1.165) is 12.2 Å². The van der Waals surface area contributed by atoms with E-state index in [4.69, 9.17) is 0 Å². The van der Waals surface area contributed by atoms with E-state index >= 15 is 0 Å². The Balaban J connectivity index is 1.91. The molecule has 2 aliphatic rings. The van der Waals surface area contributed by atoms with Gasteiger partial charge in [0.05, 0.1) is 0 Å². The van der Waals surface area contributed by atoms with Crippen LogP contribution in [0.4, 0.5) is 0 Å². The number of hydrogen-bond acceptors (Lipinski definition) is 1. The van der Waals surface area contributed by atoms with Gasteiger partial charge in [0.2, 0.25) is 0 Å². The van der Waals surface area contributed by atoms with Crippen LogP contribution in [0.3, 0.4) is 0 Å². The summed E-state index contributed by atoms with van der Waals surface area (Å²) in [6.07, 6.45) is 13.2. The molecule has 0 heterocycles. The highest BCUT2D eigenvalue weighted by atomic mass is 16.1. The van der Waals surface area contributed by atoms with E-state index in [1.165, 1.54) is 63.4 Å². The van der Waals surface area contributed by atoms with Gasteiger partial charge < -0.3 is 4.79 Å². The Morgan fingerprint density at radius 2 is 1.72 bits per heavy atom. The van der Waals surface area contributed by atoms with Crippen LogP contribution in [0.2, 0.25) is 0 Å². The normalized spacial score (nSPS) is 31.8. The molecule has 2 aliphatic carbocycles. The second-order valence-electron chi connectivity index (χ2n) is 6.53. The first kappa shape index (κ1) is 13.8. The summed E-state index contributed by atoms with van der Waals surface area (Å²) < 4.78 is 0. The molecule has 0 amide bonds. The van der Waals surface area contributed by atoms with Gasteiger partial charge in [-0.25, -0.2) is 0 Å². The third-order valence-electron chi connectivity index (χ3n) is 5.33. The van der Waals surface area contributed by atoms with Crippen LogP contribution >= 0.6 is 0 Å². The van der Waals surface area contributed by atoms with Crippen LogP contribution < -0.4 is 0 Å². The molecule has 2 rings (SSSR count). The Morgan fingerprint density at radius 1 is 1.06 bits per heavy atom. The molecule has 0 aromatic carbocycles. The van der Waals surface area contributed by atoms with Crippen LogP contribution in [0.25, 0.3) is 0 Å². The van der Waals surface area contributed by atoms with Crippen molar-refractivity contribution in [1.29, 1.82) is 0 Å². The van der Waals surface area contributed by atoms with Crippen molar-refractivity contribution in [2.75, 3.05) is 0 Å². The molecule has 1 heteroatoms. The fourth-order valence-corrected chi connectivity index (χ4v) is 3.96. The van der Waals surface area contributed by atoms with Crippen molar-refractivity contribution < 1.29 is 4.79 Å². The number of rotatable bonds is 4. The molecule has 3 atom stereocenters. The Morgan fingerprint density at radius 3 is 2.39 bits per heavy atom. The highest BCUT2D eigenvalue weighted by Gasteiger charge is 2.30. The predicted octanol–water partition coefficient (Wildman–Crippen LogP) is 4.76. The van der Waals surface area contributed by atoms with Gasteiger partial charge in [0.1, 0.15) is 6.29 Å². The lowest BCUT2D eigenvalue weighted by Gasteiger charge is -2.36. The van der Waals surface area contributed by atoms with Crippen molar-refractivity contribution >= 4 is 6.29 Å². The Labute approximate surface area is 112 Å². The molecule has 102 valence electrons. The molecular weight excluding hydrogens is 220 g/mol. The van der Waals surface area contributed by atoms with Crippen LogP contribution in [0.15, 0.2) is 12.2 Å². The monoisotopic (exact) mass is 248 g/mol. The van der Waals surface area contributed by atoms with Gasteiger partial charge in [-0.1, -0.05) is 44.8 Å². The molecule has 18 heavy (non-hydrogen) atoms. The average Bonchev–Trinajstić information content (AvgIpc) is 2.46. The SMILES string of the molecule is C=C(C1CCCCC1)C1CCCC(C(C)C=O)C1. The van der Waals surface area contributed by atoms with Gasteiger partial charge >= 0.3 is 0 Å². The number of hydrogen-bond donors (Lipinski definition) is 0. The lowest BCUT2D eigenvalue weighted by atomic mass is 9.69. The molecule has 0 N–H and O–H groups in total. The van der Waals surface area contributed by atoms with E-state index in [-0.39, 0.29) is 5.92 Å². The molecule has 0 aromatic heterocycles. The summed E-state index contributed by atoms with van der Waals surface area (Å²) in [6.45, 7) is 6.52. The summed E-state index contributed by atoms with van der Waals surface area (Å²) in [7, 11) is 0. The fourth-order valence-electron chi connectivity index (χ4n) is 3.96. The number of aldehydes is 1. The zero-order valence-electron chi connectivity index (χ0n) is 11.9. The summed E-state index contributed by atoms with van der Waals surface area (Å²) in [5.41, 5.74) is 1.53. The average molecular weight is 248 g/mol. The Hall–Kier alpha value is -0.590. The maximum Gasteiger partial charge on any atom is 0.123 e. The van der Waals surface area contributed by atoms with Crippen molar-refractivity contribution in [3.05, 3.63) is 12.2 Å². The van der Waals surface area contributed by atoms with Crippen molar-refractivity contribution in [2.45, 2.75) is 64.7 Å². The van der Waals surface area contributed by atoms with Gasteiger partial charge in [-0.2, -0.15) is 0 Å². The number of allylic oxidation sites excluding steroid dienone is 1. The van der Waals surface area contributed by atoms with E-state index in [1.807, 2.05) is 0 Å². The van der Waals surface area contributed by atoms with Gasteiger partial charge in [0.15, 0.2) is 0 Å². The fraction of sp³-hybridized carbons (Fsp3) is 0.824. The van der Waals surface area contributed by atoms with Crippen molar-refractivity contribution in [3.63, 3.8) is 0 Å². The lowest BCUT2D eigenvalue weighted by molar-refractivity contribution is -0.112. The molecule has 0 aliphatic heterocycles. The molecule has 0 radical (unpaired) electrons. The van der Waals surface area contributed by atoms with Crippen LogP contribution in [0, 0.1) is 23.7 Å². The minimum atomic E-state index is 0.243. The third kappa shape index (κ3) is 3.24. The standard InChI is InChI=1S/C17H28O/c1-13(12-18)16-9-6-10-17(11-16)14(2)15-7-4-3-5-8-15/h12-13,15-17H,2-11H2,1H3. The topological polar surface area (TPSA) is 17.1 Å². The molecule has 2 saturated carbocycles. The maximum atomic E-state index is 11.0. The molecule has 2 fully saturated rings. The molecule has 0 bridgehead atoms. The molecule has 3 unspecified atom stereocenters. The van der Waals surface area contributed by atoms with E-state index in [2.05, 4.69) is 13.5 Å². The first-order chi connectivity index (χ1) is 8.72. The van der Waals surface area contributed by atoms with Crippen LogP contribution in [0.1, 0.15) is 64.7 Å². The third-order valence-corrected chi connectivity index (χ3v) is 5.33. The summed E-state index contributed by atoms with van der Waals surface area (Å²) in [6, 6.07) is 0. The Bertz CT molecular complexity index is 288. The molecule has 0 aromatic rings. The van der Waals surface area contributed by atoms with Gasteiger partial charge in [-0.15, -0.1) is 0 Å². The van der Waals surface area contributed by atoms with Gasteiger partial charge in [0.25, 0.3) is 0 Å². The maximum absolute atomic E-state index is 11.0.